The first-order valence-corrected chi connectivity index (χ1v) is 15.1. The zero-order chi connectivity index (χ0) is 28.7. The van der Waals surface area contributed by atoms with E-state index in [9.17, 15) is 9.59 Å². The lowest BCUT2D eigenvalue weighted by molar-refractivity contribution is -0.137. The monoisotopic (exact) mass is 552 g/mol. The van der Waals surface area contributed by atoms with Crippen molar-refractivity contribution in [2.45, 2.75) is 96.8 Å². The highest BCUT2D eigenvalue weighted by atomic mass is 16.5. The molecule has 0 N–H and O–H groups in total. The van der Waals surface area contributed by atoms with E-state index in [0.717, 1.165) is 56.4 Å². The molecule has 0 aliphatic carbocycles. The number of hydrogen-bond donors (Lipinski definition) is 0. The van der Waals surface area contributed by atoms with Crippen LogP contribution in [0.25, 0.3) is 0 Å². The Morgan fingerprint density at radius 2 is 1.02 bits per heavy atom. The van der Waals surface area contributed by atoms with Crippen LogP contribution in [0.15, 0.2) is 61.2 Å². The first kappa shape index (κ1) is 32.9. The predicted octanol–water partition coefficient (Wildman–Crippen LogP) is 8.87. The van der Waals surface area contributed by atoms with Crippen molar-refractivity contribution >= 4 is 11.9 Å². The molecule has 0 atom stereocenters. The van der Waals surface area contributed by atoms with E-state index in [4.69, 9.17) is 18.9 Å². The van der Waals surface area contributed by atoms with Crippen LogP contribution in [0.3, 0.4) is 0 Å². The molecule has 0 fully saturated rings. The van der Waals surface area contributed by atoms with Gasteiger partial charge in [0.2, 0.25) is 0 Å². The van der Waals surface area contributed by atoms with E-state index in [0.29, 0.717) is 31.1 Å². The second-order valence-corrected chi connectivity index (χ2v) is 10.1. The highest BCUT2D eigenvalue weighted by molar-refractivity contribution is 5.91. The molecule has 0 saturated carbocycles. The third-order valence-corrected chi connectivity index (χ3v) is 6.61. The second-order valence-electron chi connectivity index (χ2n) is 10.1. The maximum atomic E-state index is 12.5. The summed E-state index contributed by atoms with van der Waals surface area (Å²) in [6, 6.07) is 14.3. The van der Waals surface area contributed by atoms with Crippen molar-refractivity contribution in [1.29, 1.82) is 0 Å². The summed E-state index contributed by atoms with van der Waals surface area (Å²) in [5, 5.41) is 0. The highest BCUT2D eigenvalue weighted by Crippen LogP contribution is 2.20. The predicted molar refractivity (Wildman–Crippen MR) is 160 cm³/mol. The molecular formula is C34H48O6. The molecule has 0 saturated heterocycles. The Bertz CT molecular complexity index is 951. The maximum absolute atomic E-state index is 12.5. The average molecular weight is 553 g/mol. The van der Waals surface area contributed by atoms with Gasteiger partial charge in [-0.3, -0.25) is 0 Å². The molecule has 0 radical (unpaired) electrons. The van der Waals surface area contributed by atoms with Crippen molar-refractivity contribution in [3.8, 4) is 17.2 Å². The van der Waals surface area contributed by atoms with Crippen LogP contribution >= 0.6 is 0 Å². The van der Waals surface area contributed by atoms with E-state index in [1.54, 1.807) is 36.4 Å². The minimum Gasteiger partial charge on any atom is -0.494 e. The van der Waals surface area contributed by atoms with Crippen molar-refractivity contribution in [2.75, 3.05) is 19.8 Å². The van der Waals surface area contributed by atoms with Gasteiger partial charge in [-0.05, 0) is 67.8 Å². The van der Waals surface area contributed by atoms with Gasteiger partial charge in [0.1, 0.15) is 17.2 Å². The van der Waals surface area contributed by atoms with Crippen LogP contribution in [0.2, 0.25) is 0 Å². The van der Waals surface area contributed by atoms with Gasteiger partial charge in [-0.15, -0.1) is 0 Å². The fraction of sp³-hybridized carbons (Fsp3) is 0.529. The van der Waals surface area contributed by atoms with Crippen LogP contribution < -0.4 is 14.2 Å². The molecule has 6 nitrogen and oxygen atoms in total. The molecule has 0 aliphatic heterocycles. The van der Waals surface area contributed by atoms with Crippen LogP contribution in [-0.2, 0) is 9.53 Å². The van der Waals surface area contributed by atoms with E-state index in [-0.39, 0.29) is 5.97 Å². The van der Waals surface area contributed by atoms with Gasteiger partial charge in [-0.25, -0.2) is 9.59 Å². The summed E-state index contributed by atoms with van der Waals surface area (Å²) in [4.78, 5) is 23.5. The topological polar surface area (TPSA) is 71.1 Å². The van der Waals surface area contributed by atoms with E-state index in [1.165, 1.54) is 51.0 Å². The molecule has 0 aromatic heterocycles. The molecular weight excluding hydrogens is 504 g/mol. The van der Waals surface area contributed by atoms with Gasteiger partial charge < -0.3 is 18.9 Å². The summed E-state index contributed by atoms with van der Waals surface area (Å²) in [7, 11) is 0. The third kappa shape index (κ3) is 15.3. The minimum absolute atomic E-state index is 0.352. The SMILES string of the molecule is C=CC(=O)OCCCCCCCCCOc1ccc(C(=O)Oc2ccc(OCCCCCCCCC)cc2)cc1. The summed E-state index contributed by atoms with van der Waals surface area (Å²) in [6.07, 6.45) is 17.5. The molecule has 0 spiro atoms. The number of carbonyl (C=O) groups excluding carboxylic acids is 2. The smallest absolute Gasteiger partial charge is 0.343 e. The molecule has 220 valence electrons. The van der Waals surface area contributed by atoms with Crippen molar-refractivity contribution in [2.24, 2.45) is 0 Å². The summed E-state index contributed by atoms with van der Waals surface area (Å²) in [6.45, 7) is 7.44. The maximum Gasteiger partial charge on any atom is 0.343 e. The lowest BCUT2D eigenvalue weighted by Gasteiger charge is -2.09. The fourth-order valence-electron chi connectivity index (χ4n) is 4.22. The number of esters is 2. The summed E-state index contributed by atoms with van der Waals surface area (Å²) in [5.74, 6) is 1.27. The molecule has 2 rings (SSSR count). The second kappa shape index (κ2) is 21.5. The Hall–Kier alpha value is -3.28. The first-order valence-electron chi connectivity index (χ1n) is 15.1. The standard InChI is InChI=1S/C34H48O6/c1-3-5-6-7-9-12-15-27-38-31-22-24-32(25-23-31)40-34(36)29-18-20-30(21-19-29)37-26-16-13-10-8-11-14-17-28-39-33(35)4-2/h4,18-25H,2-3,5-17,26-28H2,1H3. The summed E-state index contributed by atoms with van der Waals surface area (Å²) >= 11 is 0. The molecule has 2 aromatic carbocycles. The molecule has 0 amide bonds. The van der Waals surface area contributed by atoms with Gasteiger partial charge in [0.25, 0.3) is 0 Å². The third-order valence-electron chi connectivity index (χ3n) is 6.61. The van der Waals surface area contributed by atoms with Gasteiger partial charge in [0.15, 0.2) is 0 Å². The largest absolute Gasteiger partial charge is 0.494 e. The molecule has 0 aliphatic rings. The number of rotatable bonds is 23. The normalized spacial score (nSPS) is 10.6. The van der Waals surface area contributed by atoms with Crippen LogP contribution in [0.5, 0.6) is 17.2 Å². The molecule has 0 heterocycles. The van der Waals surface area contributed by atoms with Gasteiger partial charge in [0.05, 0.1) is 25.4 Å². The van der Waals surface area contributed by atoms with Crippen molar-refractivity contribution in [3.63, 3.8) is 0 Å². The van der Waals surface area contributed by atoms with Crippen molar-refractivity contribution in [3.05, 3.63) is 66.7 Å². The minimum atomic E-state index is -0.401. The summed E-state index contributed by atoms with van der Waals surface area (Å²) in [5.41, 5.74) is 0.478. The zero-order valence-electron chi connectivity index (χ0n) is 24.4. The Morgan fingerprint density at radius 1 is 0.600 bits per heavy atom. The molecule has 6 heteroatoms. The highest BCUT2D eigenvalue weighted by Gasteiger charge is 2.09. The number of carbonyl (C=O) groups is 2. The summed E-state index contributed by atoms with van der Waals surface area (Å²) < 4.78 is 22.1. The average Bonchev–Trinajstić information content (AvgIpc) is 2.98. The Kier molecular flexibility index (Phi) is 17.7. The van der Waals surface area contributed by atoms with Crippen LogP contribution in [-0.4, -0.2) is 31.8 Å². The number of unbranched alkanes of at least 4 members (excludes halogenated alkanes) is 12. The van der Waals surface area contributed by atoms with Gasteiger partial charge in [-0.1, -0.05) is 84.1 Å². The van der Waals surface area contributed by atoms with Gasteiger partial charge in [0, 0.05) is 6.08 Å². The molecule has 2 aromatic rings. The molecule has 0 bridgehead atoms. The van der Waals surface area contributed by atoms with E-state index in [1.807, 2.05) is 12.1 Å². The quantitative estimate of drug-likeness (QED) is 0.0593. The number of benzene rings is 2. The number of ether oxygens (including phenoxy) is 4. The van der Waals surface area contributed by atoms with Crippen LogP contribution in [0.1, 0.15) is 107 Å². The van der Waals surface area contributed by atoms with Gasteiger partial charge in [-0.2, -0.15) is 0 Å². The van der Waals surface area contributed by atoms with E-state index < -0.39 is 5.97 Å². The van der Waals surface area contributed by atoms with E-state index in [2.05, 4.69) is 13.5 Å². The van der Waals surface area contributed by atoms with Crippen LogP contribution in [0, 0.1) is 0 Å². The molecule has 40 heavy (non-hydrogen) atoms. The Labute approximate surface area is 241 Å². The first-order chi connectivity index (χ1) is 19.6. The lowest BCUT2D eigenvalue weighted by atomic mass is 10.1. The molecule has 0 unspecified atom stereocenters. The number of hydrogen-bond acceptors (Lipinski definition) is 6. The lowest BCUT2D eigenvalue weighted by Crippen LogP contribution is -2.08. The Balaban J connectivity index is 1.54. The van der Waals surface area contributed by atoms with Crippen LogP contribution in [0.4, 0.5) is 0 Å². The van der Waals surface area contributed by atoms with Crippen molar-refractivity contribution in [1.82, 2.24) is 0 Å². The fourth-order valence-corrected chi connectivity index (χ4v) is 4.22. The van der Waals surface area contributed by atoms with Crippen molar-refractivity contribution < 1.29 is 28.5 Å². The van der Waals surface area contributed by atoms with E-state index >= 15 is 0 Å². The van der Waals surface area contributed by atoms with Gasteiger partial charge >= 0.3 is 11.9 Å². The Morgan fingerprint density at radius 3 is 1.52 bits per heavy atom. The zero-order valence-corrected chi connectivity index (χ0v) is 24.4.